The average molecular weight is 367 g/mol. The zero-order chi connectivity index (χ0) is 19.5. The summed E-state index contributed by atoms with van der Waals surface area (Å²) in [7, 11) is 1.71. The Bertz CT molecular complexity index is 681. The molecule has 144 valence electrons. The monoisotopic (exact) mass is 367 g/mol. The third-order valence-corrected chi connectivity index (χ3v) is 4.14. The van der Waals surface area contributed by atoms with Gasteiger partial charge in [0.25, 0.3) is 0 Å². The molecule has 26 heavy (non-hydrogen) atoms. The highest BCUT2D eigenvalue weighted by molar-refractivity contribution is 5.76. The van der Waals surface area contributed by atoms with E-state index < -0.39 is 10.5 Å². The summed E-state index contributed by atoms with van der Waals surface area (Å²) in [4.78, 5) is 37.8. The second-order valence-corrected chi connectivity index (χ2v) is 7.34. The van der Waals surface area contributed by atoms with Crippen LogP contribution in [0.25, 0.3) is 0 Å². The first-order chi connectivity index (χ1) is 12.1. The van der Waals surface area contributed by atoms with E-state index in [0.717, 1.165) is 6.20 Å². The molecule has 0 bridgehead atoms. The third kappa shape index (κ3) is 5.17. The number of amides is 2. The molecule has 0 saturated carbocycles. The van der Waals surface area contributed by atoms with Gasteiger partial charge in [-0.05, 0) is 27.2 Å². The summed E-state index contributed by atoms with van der Waals surface area (Å²) >= 11 is 0. The molecule has 1 aliphatic heterocycles. The Hall–Kier alpha value is -2.65. The van der Waals surface area contributed by atoms with E-state index in [1.165, 1.54) is 10.9 Å². The predicted molar refractivity (Wildman–Crippen MR) is 92.5 cm³/mol. The molecule has 10 nitrogen and oxygen atoms in total. The Labute approximate surface area is 151 Å². The smallest absolute Gasteiger partial charge is 0.410 e. The molecule has 1 atom stereocenters. The summed E-state index contributed by atoms with van der Waals surface area (Å²) in [5, 5.41) is 14.5. The Balaban J connectivity index is 1.82. The largest absolute Gasteiger partial charge is 0.444 e. The number of hydrogen-bond donors (Lipinski definition) is 0. The third-order valence-electron chi connectivity index (χ3n) is 4.14. The van der Waals surface area contributed by atoms with Crippen LogP contribution in [0.4, 0.5) is 10.5 Å². The van der Waals surface area contributed by atoms with Gasteiger partial charge in [0.15, 0.2) is 0 Å². The van der Waals surface area contributed by atoms with Crippen LogP contribution in [-0.2, 0) is 16.1 Å². The van der Waals surface area contributed by atoms with Crippen molar-refractivity contribution in [3.8, 4) is 0 Å². The van der Waals surface area contributed by atoms with Gasteiger partial charge >= 0.3 is 11.8 Å². The first-order valence-electron chi connectivity index (χ1n) is 8.47. The summed E-state index contributed by atoms with van der Waals surface area (Å²) in [5.74, 6) is -0.0980. The van der Waals surface area contributed by atoms with Crippen LogP contribution in [0.15, 0.2) is 12.4 Å². The van der Waals surface area contributed by atoms with E-state index in [2.05, 4.69) is 5.10 Å². The van der Waals surface area contributed by atoms with E-state index in [9.17, 15) is 19.7 Å². The average Bonchev–Trinajstić information content (AvgIpc) is 3.19. The second-order valence-electron chi connectivity index (χ2n) is 7.34. The first-order valence-corrected chi connectivity index (χ1v) is 8.47. The van der Waals surface area contributed by atoms with Crippen molar-refractivity contribution in [2.24, 2.45) is 0 Å². The summed E-state index contributed by atoms with van der Waals surface area (Å²) in [6, 6.07) is -0.0676. The van der Waals surface area contributed by atoms with Crippen molar-refractivity contribution >= 4 is 17.7 Å². The van der Waals surface area contributed by atoms with Crippen LogP contribution in [0.2, 0.25) is 0 Å². The molecule has 0 radical (unpaired) electrons. The summed E-state index contributed by atoms with van der Waals surface area (Å²) in [6.45, 7) is 6.68. The molecule has 1 aromatic rings. The molecule has 1 aromatic heterocycles. The van der Waals surface area contributed by atoms with Gasteiger partial charge < -0.3 is 14.5 Å². The Kier molecular flexibility index (Phi) is 5.83. The molecule has 1 fully saturated rings. The lowest BCUT2D eigenvalue weighted by Gasteiger charge is -2.26. The highest BCUT2D eigenvalue weighted by atomic mass is 16.6. The van der Waals surface area contributed by atoms with Gasteiger partial charge in [-0.3, -0.25) is 19.6 Å². The molecule has 10 heteroatoms. The van der Waals surface area contributed by atoms with Crippen LogP contribution < -0.4 is 0 Å². The SMILES string of the molecule is CN(C(=O)CCn1cc([N+](=O)[O-])cn1)C1CCN(C(=O)OC(C)(C)C)C1. The molecule has 1 unspecified atom stereocenters. The van der Waals surface area contributed by atoms with Gasteiger partial charge in [-0.25, -0.2) is 4.79 Å². The minimum Gasteiger partial charge on any atom is -0.444 e. The lowest BCUT2D eigenvalue weighted by Crippen LogP contribution is -2.41. The minimum absolute atomic E-state index is 0.0676. The number of nitrogens with zero attached hydrogens (tertiary/aromatic N) is 5. The summed E-state index contributed by atoms with van der Waals surface area (Å²) in [5.41, 5.74) is -0.655. The van der Waals surface area contributed by atoms with Crippen LogP contribution in [-0.4, -0.2) is 68.3 Å². The Morgan fingerprint density at radius 1 is 1.46 bits per heavy atom. The molecule has 1 saturated heterocycles. The number of hydrogen-bond acceptors (Lipinski definition) is 6. The summed E-state index contributed by atoms with van der Waals surface area (Å²) in [6.07, 6.45) is 2.95. The van der Waals surface area contributed by atoms with Gasteiger partial charge in [-0.1, -0.05) is 0 Å². The van der Waals surface area contributed by atoms with Crippen LogP contribution in [0.5, 0.6) is 0 Å². The van der Waals surface area contributed by atoms with E-state index in [0.29, 0.717) is 19.5 Å². The van der Waals surface area contributed by atoms with E-state index in [4.69, 9.17) is 4.74 Å². The molecule has 0 N–H and O–H groups in total. The predicted octanol–water partition coefficient (Wildman–Crippen LogP) is 1.65. The number of aromatic nitrogens is 2. The van der Waals surface area contributed by atoms with Crippen LogP contribution in [0.1, 0.15) is 33.6 Å². The lowest BCUT2D eigenvalue weighted by atomic mass is 10.2. The Morgan fingerprint density at radius 2 is 2.15 bits per heavy atom. The van der Waals surface area contributed by atoms with Crippen molar-refractivity contribution in [1.82, 2.24) is 19.6 Å². The van der Waals surface area contributed by atoms with Crippen LogP contribution in [0, 0.1) is 10.1 Å². The van der Waals surface area contributed by atoms with Gasteiger partial charge in [0.1, 0.15) is 18.0 Å². The quantitative estimate of drug-likeness (QED) is 0.578. The van der Waals surface area contributed by atoms with Crippen molar-refractivity contribution in [2.45, 2.75) is 51.8 Å². The molecular weight excluding hydrogens is 342 g/mol. The number of nitro groups is 1. The molecule has 2 amide bonds. The van der Waals surface area contributed by atoms with Crippen molar-refractivity contribution in [3.05, 3.63) is 22.5 Å². The topological polar surface area (TPSA) is 111 Å². The first kappa shape index (κ1) is 19.7. The van der Waals surface area contributed by atoms with Crippen LogP contribution in [0.3, 0.4) is 0 Å². The van der Waals surface area contributed by atoms with E-state index in [1.54, 1.807) is 16.8 Å². The standard InChI is InChI=1S/C16H25N5O5/c1-16(2,3)26-15(23)19-7-5-12(10-19)18(4)14(22)6-8-20-11-13(9-17-20)21(24)25/h9,11-12H,5-8,10H2,1-4H3. The molecule has 2 rings (SSSR count). The van der Waals surface area contributed by atoms with Gasteiger partial charge in [0, 0.05) is 33.1 Å². The minimum atomic E-state index is -0.552. The fourth-order valence-corrected chi connectivity index (χ4v) is 2.71. The van der Waals surface area contributed by atoms with Gasteiger partial charge in [-0.15, -0.1) is 0 Å². The number of likely N-dealkylation sites (tertiary alicyclic amines) is 1. The molecule has 0 aromatic carbocycles. The number of rotatable bonds is 5. The second kappa shape index (κ2) is 7.71. The van der Waals surface area contributed by atoms with E-state index in [1.807, 2.05) is 20.8 Å². The van der Waals surface area contributed by atoms with Crippen molar-refractivity contribution in [2.75, 3.05) is 20.1 Å². The molecule has 0 spiro atoms. The van der Waals surface area contributed by atoms with Crippen molar-refractivity contribution in [1.29, 1.82) is 0 Å². The maximum absolute atomic E-state index is 12.4. The van der Waals surface area contributed by atoms with Gasteiger partial charge in [-0.2, -0.15) is 5.10 Å². The van der Waals surface area contributed by atoms with Crippen molar-refractivity contribution < 1.29 is 19.2 Å². The highest BCUT2D eigenvalue weighted by Crippen LogP contribution is 2.19. The maximum atomic E-state index is 12.4. The normalized spacial score (nSPS) is 17.2. The number of carbonyl (C=O) groups excluding carboxylic acids is 2. The Morgan fingerprint density at radius 3 is 2.73 bits per heavy atom. The number of likely N-dealkylation sites (N-methyl/N-ethyl adjacent to an activating group) is 1. The van der Waals surface area contributed by atoms with Gasteiger partial charge in [0.2, 0.25) is 5.91 Å². The number of carbonyl (C=O) groups is 2. The fraction of sp³-hybridized carbons (Fsp3) is 0.688. The molecule has 0 aliphatic carbocycles. The highest BCUT2D eigenvalue weighted by Gasteiger charge is 2.33. The van der Waals surface area contributed by atoms with E-state index in [-0.39, 0.29) is 36.7 Å². The zero-order valence-electron chi connectivity index (χ0n) is 15.5. The van der Waals surface area contributed by atoms with Crippen molar-refractivity contribution in [3.63, 3.8) is 0 Å². The molecule has 1 aliphatic rings. The van der Waals surface area contributed by atoms with Gasteiger partial charge in [0.05, 0.1) is 11.0 Å². The molecular formula is C16H25N5O5. The molecule has 2 heterocycles. The lowest BCUT2D eigenvalue weighted by molar-refractivity contribution is -0.385. The van der Waals surface area contributed by atoms with Crippen LogP contribution >= 0.6 is 0 Å². The fourth-order valence-electron chi connectivity index (χ4n) is 2.71. The number of aryl methyl sites for hydroxylation is 1. The van der Waals surface area contributed by atoms with E-state index >= 15 is 0 Å². The summed E-state index contributed by atoms with van der Waals surface area (Å²) < 4.78 is 6.73. The maximum Gasteiger partial charge on any atom is 0.410 e. The number of ether oxygens (including phenoxy) is 1. The zero-order valence-corrected chi connectivity index (χ0v) is 15.5.